The molecule has 0 aromatic heterocycles. The normalized spacial score (nSPS) is 18.0. The van der Waals surface area contributed by atoms with Crippen molar-refractivity contribution in [3.63, 3.8) is 0 Å². The number of allylic oxidation sites excluding steroid dienone is 1. The van der Waals surface area contributed by atoms with Crippen molar-refractivity contribution >= 4 is 32.2 Å². The SMILES string of the molecule is C/C=C/c1c(O)c(O[Si](C(C)C)(C(C)C)C(C)C)cc2c1C(C)(NC(=O)/C=C/C(=O)OC(C)(C)C)C(=O)O2. The molecule has 1 aromatic rings. The van der Waals surface area contributed by atoms with Crippen LogP contribution in [0.4, 0.5) is 0 Å². The van der Waals surface area contributed by atoms with Crippen LogP contribution >= 0.6 is 0 Å². The lowest BCUT2D eigenvalue weighted by Gasteiger charge is -2.42. The number of amides is 1. The number of carbonyl (C=O) groups excluding carboxylic acids is 3. The van der Waals surface area contributed by atoms with Crippen LogP contribution < -0.4 is 14.5 Å². The summed E-state index contributed by atoms with van der Waals surface area (Å²) in [6, 6.07) is 1.54. The Morgan fingerprint density at radius 3 is 2.11 bits per heavy atom. The van der Waals surface area contributed by atoms with E-state index in [-0.39, 0.29) is 33.9 Å². The number of carbonyl (C=O) groups is 3. The van der Waals surface area contributed by atoms with Crippen molar-refractivity contribution in [1.29, 1.82) is 0 Å². The van der Waals surface area contributed by atoms with Crippen LogP contribution in [0.5, 0.6) is 17.2 Å². The fourth-order valence-electron chi connectivity index (χ4n) is 5.38. The molecular weight excluding hydrogens is 502 g/mol. The quantitative estimate of drug-likeness (QED) is 0.166. The first-order chi connectivity index (χ1) is 17.4. The number of ether oxygens (including phenoxy) is 2. The van der Waals surface area contributed by atoms with Crippen molar-refractivity contribution in [2.24, 2.45) is 0 Å². The second kappa shape index (κ2) is 11.4. The molecule has 1 unspecified atom stereocenters. The van der Waals surface area contributed by atoms with E-state index in [9.17, 15) is 19.5 Å². The molecule has 38 heavy (non-hydrogen) atoms. The molecular formula is C29H43NO7Si. The van der Waals surface area contributed by atoms with E-state index in [0.717, 1.165) is 12.2 Å². The standard InChI is InChI=1S/C29H43NO7Si/c1-12-13-20-25-21(16-22(26(20)33)37-38(17(2)3,18(4)5)19(6)7)35-27(34)29(25,11)30-23(31)14-15-24(32)36-28(8,9)10/h12-19,33H,1-11H3,(H,30,31)/b13-12+,15-14+. The second-order valence-electron chi connectivity index (χ2n) is 11.8. The van der Waals surface area contributed by atoms with Crippen LogP contribution in [0.2, 0.25) is 16.6 Å². The maximum atomic E-state index is 13.1. The molecule has 0 saturated heterocycles. The molecule has 1 aliphatic heterocycles. The van der Waals surface area contributed by atoms with Crippen molar-refractivity contribution < 1.29 is 33.4 Å². The van der Waals surface area contributed by atoms with Gasteiger partial charge in [-0.1, -0.05) is 53.7 Å². The van der Waals surface area contributed by atoms with Crippen molar-refractivity contribution in [2.45, 2.75) is 104 Å². The Bertz CT molecular complexity index is 1120. The van der Waals surface area contributed by atoms with Gasteiger partial charge in [0.1, 0.15) is 11.4 Å². The van der Waals surface area contributed by atoms with E-state index in [2.05, 4.69) is 46.9 Å². The van der Waals surface area contributed by atoms with Crippen LogP contribution in [0.3, 0.4) is 0 Å². The van der Waals surface area contributed by atoms with E-state index in [1.54, 1.807) is 45.9 Å². The minimum atomic E-state index is -2.44. The summed E-state index contributed by atoms with van der Waals surface area (Å²) in [6.45, 7) is 21.3. The van der Waals surface area contributed by atoms with E-state index in [1.165, 1.54) is 6.92 Å². The number of phenolic OH excluding ortho intramolecular Hbond substituents is 1. The van der Waals surface area contributed by atoms with Crippen LogP contribution in [-0.2, 0) is 24.7 Å². The average Bonchev–Trinajstić information content (AvgIpc) is 3.00. The highest BCUT2D eigenvalue weighted by molar-refractivity contribution is 6.78. The maximum Gasteiger partial charge on any atom is 0.341 e. The monoisotopic (exact) mass is 545 g/mol. The Morgan fingerprint density at radius 2 is 1.63 bits per heavy atom. The van der Waals surface area contributed by atoms with Gasteiger partial charge in [-0.2, -0.15) is 0 Å². The smallest absolute Gasteiger partial charge is 0.341 e. The highest BCUT2D eigenvalue weighted by Crippen LogP contribution is 2.51. The molecule has 2 rings (SSSR count). The molecule has 1 aromatic carbocycles. The molecule has 0 bridgehead atoms. The van der Waals surface area contributed by atoms with Gasteiger partial charge in [-0.15, -0.1) is 0 Å². The molecule has 0 radical (unpaired) electrons. The van der Waals surface area contributed by atoms with E-state index in [1.807, 2.05) is 0 Å². The van der Waals surface area contributed by atoms with Gasteiger partial charge in [-0.3, -0.25) is 4.79 Å². The van der Waals surface area contributed by atoms with Crippen molar-refractivity contribution in [3.05, 3.63) is 35.4 Å². The third-order valence-corrected chi connectivity index (χ3v) is 12.8. The predicted molar refractivity (Wildman–Crippen MR) is 151 cm³/mol. The van der Waals surface area contributed by atoms with Crippen LogP contribution in [-0.4, -0.2) is 36.9 Å². The number of phenols is 1. The predicted octanol–water partition coefficient (Wildman–Crippen LogP) is 6.13. The highest BCUT2D eigenvalue weighted by atomic mass is 28.4. The topological polar surface area (TPSA) is 111 Å². The molecule has 8 nitrogen and oxygen atoms in total. The number of hydrogen-bond donors (Lipinski definition) is 2. The minimum absolute atomic E-state index is 0.122. The van der Waals surface area contributed by atoms with Gasteiger partial charge in [0.25, 0.3) is 8.32 Å². The van der Waals surface area contributed by atoms with E-state index < -0.39 is 37.3 Å². The third-order valence-electron chi connectivity index (χ3n) is 6.86. The summed E-state index contributed by atoms with van der Waals surface area (Å²) in [4.78, 5) is 37.9. The van der Waals surface area contributed by atoms with Gasteiger partial charge in [0, 0.05) is 29.3 Å². The van der Waals surface area contributed by atoms with Gasteiger partial charge in [0.05, 0.1) is 0 Å². The van der Waals surface area contributed by atoms with E-state index in [4.69, 9.17) is 13.9 Å². The number of nitrogens with one attached hydrogen (secondary N) is 1. The highest BCUT2D eigenvalue weighted by Gasteiger charge is 2.51. The van der Waals surface area contributed by atoms with Gasteiger partial charge >= 0.3 is 11.9 Å². The summed E-state index contributed by atoms with van der Waals surface area (Å²) in [6.07, 6.45) is 5.39. The molecule has 0 saturated carbocycles. The van der Waals surface area contributed by atoms with Crippen LogP contribution in [0.1, 0.15) is 87.3 Å². The van der Waals surface area contributed by atoms with Crippen LogP contribution in [0.15, 0.2) is 24.3 Å². The largest absolute Gasteiger partial charge is 0.540 e. The number of aromatic hydroxyl groups is 1. The summed E-state index contributed by atoms with van der Waals surface area (Å²) < 4.78 is 17.5. The van der Waals surface area contributed by atoms with Gasteiger partial charge in [-0.05, 0) is 51.2 Å². The molecule has 0 fully saturated rings. The summed E-state index contributed by atoms with van der Waals surface area (Å²) in [5.41, 5.74) is -0.923. The minimum Gasteiger partial charge on any atom is -0.540 e. The molecule has 1 heterocycles. The Balaban J connectivity index is 2.57. The first kappa shape index (κ1) is 31.1. The number of rotatable bonds is 9. The molecule has 9 heteroatoms. The summed E-state index contributed by atoms with van der Waals surface area (Å²) in [5.74, 6) is -1.76. The first-order valence-corrected chi connectivity index (χ1v) is 15.2. The third kappa shape index (κ3) is 6.14. The summed E-state index contributed by atoms with van der Waals surface area (Å²) >= 11 is 0. The Labute approximate surface area is 227 Å². The molecule has 1 amide bonds. The Morgan fingerprint density at radius 1 is 1.08 bits per heavy atom. The second-order valence-corrected chi connectivity index (χ2v) is 17.2. The molecule has 0 spiro atoms. The zero-order chi connectivity index (χ0) is 29.2. The number of benzene rings is 1. The summed E-state index contributed by atoms with van der Waals surface area (Å²) in [7, 11) is -2.44. The van der Waals surface area contributed by atoms with Gasteiger partial charge in [0.15, 0.2) is 17.0 Å². The maximum absolute atomic E-state index is 13.1. The van der Waals surface area contributed by atoms with E-state index >= 15 is 0 Å². The molecule has 1 atom stereocenters. The summed E-state index contributed by atoms with van der Waals surface area (Å²) in [5, 5.41) is 14.1. The number of esters is 2. The zero-order valence-corrected chi connectivity index (χ0v) is 25.5. The van der Waals surface area contributed by atoms with Gasteiger partial charge in [0.2, 0.25) is 5.91 Å². The van der Waals surface area contributed by atoms with E-state index in [0.29, 0.717) is 11.1 Å². The fourth-order valence-corrected chi connectivity index (χ4v) is 10.6. The van der Waals surface area contributed by atoms with Crippen LogP contribution in [0, 0.1) is 0 Å². The van der Waals surface area contributed by atoms with Crippen molar-refractivity contribution in [2.75, 3.05) is 0 Å². The molecule has 2 N–H and O–H groups in total. The van der Waals surface area contributed by atoms with Crippen molar-refractivity contribution in [3.8, 4) is 17.2 Å². The fraction of sp³-hybridized carbons (Fsp3) is 0.552. The zero-order valence-electron chi connectivity index (χ0n) is 24.5. The lowest BCUT2D eigenvalue weighted by molar-refractivity contribution is -0.148. The number of fused-ring (bicyclic) bond motifs is 1. The molecule has 1 aliphatic rings. The average molecular weight is 546 g/mol. The van der Waals surface area contributed by atoms with Crippen molar-refractivity contribution in [1.82, 2.24) is 5.32 Å². The van der Waals surface area contributed by atoms with Gasteiger partial charge in [-0.25, -0.2) is 9.59 Å². The Kier molecular flexibility index (Phi) is 9.30. The number of hydrogen-bond acceptors (Lipinski definition) is 7. The lowest BCUT2D eigenvalue weighted by atomic mass is 9.88. The molecule has 210 valence electrons. The first-order valence-electron chi connectivity index (χ1n) is 13.1. The Hall–Kier alpha value is -3.07. The molecule has 0 aliphatic carbocycles. The van der Waals surface area contributed by atoms with Crippen LogP contribution in [0.25, 0.3) is 6.08 Å². The lowest BCUT2D eigenvalue weighted by Crippen LogP contribution is -2.50. The van der Waals surface area contributed by atoms with Gasteiger partial charge < -0.3 is 24.3 Å².